The van der Waals surface area contributed by atoms with Gasteiger partial charge in [0.25, 0.3) is 0 Å². The predicted octanol–water partition coefficient (Wildman–Crippen LogP) is 0.488. The maximum Gasteiger partial charge on any atom is 0.240 e. The number of nitrogens with zero attached hydrogens (tertiary/aromatic N) is 1. The van der Waals surface area contributed by atoms with Crippen molar-refractivity contribution in [3.63, 3.8) is 0 Å². The number of hydrogen-bond donors (Lipinski definition) is 2. The van der Waals surface area contributed by atoms with Crippen molar-refractivity contribution in [2.24, 2.45) is 5.92 Å². The number of fused-ring (bicyclic) bond motifs is 1. The summed E-state index contributed by atoms with van der Waals surface area (Å²) in [6.07, 6.45) is 0.579. The lowest BCUT2D eigenvalue weighted by molar-refractivity contribution is -0.129. The van der Waals surface area contributed by atoms with Crippen LogP contribution >= 0.6 is 11.8 Å². The van der Waals surface area contributed by atoms with Crippen LogP contribution in [0.5, 0.6) is 0 Å². The fourth-order valence-electron chi connectivity index (χ4n) is 3.16. The number of thioether (sulfide) groups is 1. The Kier molecular flexibility index (Phi) is 6.05. The van der Waals surface area contributed by atoms with E-state index in [0.717, 1.165) is 10.6 Å². The molecule has 0 aliphatic carbocycles. The van der Waals surface area contributed by atoms with E-state index in [1.807, 2.05) is 24.3 Å². The van der Waals surface area contributed by atoms with Gasteiger partial charge in [-0.2, -0.15) is 0 Å². The first kappa shape index (κ1) is 19.7. The quantitative estimate of drug-likeness (QED) is 0.682. The molecule has 146 valence electrons. The minimum atomic E-state index is -3.03. The molecule has 8 nitrogen and oxygen atoms in total. The van der Waals surface area contributed by atoms with E-state index >= 15 is 0 Å². The van der Waals surface area contributed by atoms with Crippen LogP contribution in [0.25, 0.3) is 0 Å². The summed E-state index contributed by atoms with van der Waals surface area (Å²) in [6, 6.07) is 7.52. The summed E-state index contributed by atoms with van der Waals surface area (Å²) in [7, 11) is -3.03. The molecule has 10 heteroatoms. The highest BCUT2D eigenvalue weighted by atomic mass is 32.2. The molecule has 0 radical (unpaired) electrons. The van der Waals surface area contributed by atoms with Crippen LogP contribution < -0.4 is 15.8 Å². The Labute approximate surface area is 161 Å². The van der Waals surface area contributed by atoms with Gasteiger partial charge in [0.05, 0.1) is 22.9 Å². The largest absolute Gasteiger partial charge is 0.310 e. The summed E-state index contributed by atoms with van der Waals surface area (Å²) in [5.41, 5.74) is 5.43. The van der Waals surface area contributed by atoms with Crippen molar-refractivity contribution in [3.05, 3.63) is 24.3 Å². The second kappa shape index (κ2) is 8.30. The molecule has 3 rings (SSSR count). The SMILES string of the molecule is O=C(CCN1C(=O)CSc2ccccc21)NNC(=O)C[C@@H]1CCS(=O)(=O)C1. The summed E-state index contributed by atoms with van der Waals surface area (Å²) in [5, 5.41) is 0. The third-order valence-electron chi connectivity index (χ3n) is 4.51. The lowest BCUT2D eigenvalue weighted by atomic mass is 10.1. The second-order valence-corrected chi connectivity index (χ2v) is 9.87. The van der Waals surface area contributed by atoms with Gasteiger partial charge < -0.3 is 4.90 Å². The molecule has 1 saturated heterocycles. The molecular formula is C17H21N3O5S2. The lowest BCUT2D eigenvalue weighted by Crippen LogP contribution is -2.44. The zero-order valence-corrected chi connectivity index (χ0v) is 16.3. The monoisotopic (exact) mass is 411 g/mol. The fraction of sp³-hybridized carbons (Fsp3) is 0.471. The molecule has 2 N–H and O–H groups in total. The molecule has 0 spiro atoms. The Balaban J connectivity index is 1.44. The molecule has 0 bridgehead atoms. The Morgan fingerprint density at radius 2 is 1.93 bits per heavy atom. The van der Waals surface area contributed by atoms with Crippen LogP contribution in [0.4, 0.5) is 5.69 Å². The molecule has 0 saturated carbocycles. The summed E-state index contributed by atoms with van der Waals surface area (Å²) in [4.78, 5) is 38.5. The number of hydrogen-bond acceptors (Lipinski definition) is 6. The smallest absolute Gasteiger partial charge is 0.240 e. The molecule has 0 aromatic heterocycles. The number of benzene rings is 1. The molecular weight excluding hydrogens is 390 g/mol. The molecule has 1 aromatic rings. The van der Waals surface area contributed by atoms with Crippen molar-refractivity contribution >= 4 is 45.0 Å². The molecule has 0 unspecified atom stereocenters. The van der Waals surface area contributed by atoms with Gasteiger partial charge in [0, 0.05) is 24.3 Å². The van der Waals surface area contributed by atoms with Crippen LogP contribution in [0.1, 0.15) is 19.3 Å². The van der Waals surface area contributed by atoms with Gasteiger partial charge in [-0.15, -0.1) is 11.8 Å². The average Bonchev–Trinajstić information content (AvgIpc) is 2.97. The van der Waals surface area contributed by atoms with Gasteiger partial charge in [0.2, 0.25) is 17.7 Å². The Bertz CT molecular complexity index is 856. The third kappa shape index (κ3) is 5.23. The summed E-state index contributed by atoms with van der Waals surface area (Å²) < 4.78 is 22.8. The van der Waals surface area contributed by atoms with Crippen LogP contribution in [0.3, 0.4) is 0 Å². The van der Waals surface area contributed by atoms with E-state index in [9.17, 15) is 22.8 Å². The number of carbonyl (C=O) groups is 3. The van der Waals surface area contributed by atoms with Gasteiger partial charge >= 0.3 is 0 Å². The number of carbonyl (C=O) groups excluding carboxylic acids is 3. The summed E-state index contributed by atoms with van der Waals surface area (Å²) in [6.45, 7) is 0.221. The van der Waals surface area contributed by atoms with Crippen LogP contribution in [-0.2, 0) is 24.2 Å². The molecule has 1 fully saturated rings. The Hall–Kier alpha value is -2.07. The molecule has 2 aliphatic heterocycles. The average molecular weight is 412 g/mol. The first-order chi connectivity index (χ1) is 12.8. The molecule has 3 amide bonds. The number of sulfone groups is 1. The van der Waals surface area contributed by atoms with E-state index < -0.39 is 21.7 Å². The number of para-hydroxylation sites is 1. The van der Waals surface area contributed by atoms with Crippen LogP contribution in [0.2, 0.25) is 0 Å². The first-order valence-electron chi connectivity index (χ1n) is 8.64. The molecule has 2 aliphatic rings. The van der Waals surface area contributed by atoms with Crippen molar-refractivity contribution in [2.45, 2.75) is 24.2 Å². The van der Waals surface area contributed by atoms with Gasteiger partial charge in [0.1, 0.15) is 0 Å². The Morgan fingerprint density at radius 3 is 2.67 bits per heavy atom. The van der Waals surface area contributed by atoms with Crippen LogP contribution in [0.15, 0.2) is 29.2 Å². The maximum atomic E-state index is 12.1. The van der Waals surface area contributed by atoms with E-state index in [2.05, 4.69) is 10.9 Å². The van der Waals surface area contributed by atoms with E-state index in [-0.39, 0.29) is 42.7 Å². The van der Waals surface area contributed by atoms with Crippen molar-refractivity contribution in [3.8, 4) is 0 Å². The molecule has 27 heavy (non-hydrogen) atoms. The second-order valence-electron chi connectivity index (χ2n) is 6.62. The van der Waals surface area contributed by atoms with Crippen molar-refractivity contribution in [1.82, 2.24) is 10.9 Å². The predicted molar refractivity (Wildman–Crippen MR) is 102 cm³/mol. The van der Waals surface area contributed by atoms with Crippen molar-refractivity contribution in [1.29, 1.82) is 0 Å². The van der Waals surface area contributed by atoms with E-state index in [4.69, 9.17) is 0 Å². The highest BCUT2D eigenvalue weighted by molar-refractivity contribution is 8.00. The first-order valence-corrected chi connectivity index (χ1v) is 11.4. The fourth-order valence-corrected chi connectivity index (χ4v) is 5.96. The van der Waals surface area contributed by atoms with E-state index in [0.29, 0.717) is 12.2 Å². The van der Waals surface area contributed by atoms with E-state index in [1.165, 1.54) is 11.8 Å². The number of hydrazine groups is 1. The third-order valence-corrected chi connectivity index (χ3v) is 7.40. The lowest BCUT2D eigenvalue weighted by Gasteiger charge is -2.28. The Morgan fingerprint density at radius 1 is 1.19 bits per heavy atom. The van der Waals surface area contributed by atoms with Gasteiger partial charge in [-0.05, 0) is 24.5 Å². The summed E-state index contributed by atoms with van der Waals surface area (Å²) in [5.74, 6) is -0.624. The van der Waals surface area contributed by atoms with Crippen molar-refractivity contribution < 1.29 is 22.8 Å². The number of anilines is 1. The highest BCUT2D eigenvalue weighted by Crippen LogP contribution is 2.34. The van der Waals surface area contributed by atoms with Crippen LogP contribution in [0, 0.1) is 5.92 Å². The minimum absolute atomic E-state index is 0.0167. The maximum absolute atomic E-state index is 12.1. The highest BCUT2D eigenvalue weighted by Gasteiger charge is 2.29. The topological polar surface area (TPSA) is 113 Å². The van der Waals surface area contributed by atoms with Gasteiger partial charge in [0.15, 0.2) is 9.84 Å². The van der Waals surface area contributed by atoms with Gasteiger partial charge in [-0.3, -0.25) is 25.2 Å². The zero-order valence-electron chi connectivity index (χ0n) is 14.6. The normalized spacial score (nSPS) is 20.8. The molecule has 2 heterocycles. The molecule has 1 aromatic carbocycles. The number of nitrogens with one attached hydrogen (secondary N) is 2. The minimum Gasteiger partial charge on any atom is -0.310 e. The van der Waals surface area contributed by atoms with Crippen LogP contribution in [-0.4, -0.2) is 49.9 Å². The van der Waals surface area contributed by atoms with E-state index in [1.54, 1.807) is 4.90 Å². The van der Waals surface area contributed by atoms with Gasteiger partial charge in [-0.1, -0.05) is 12.1 Å². The number of amides is 3. The van der Waals surface area contributed by atoms with Crippen molar-refractivity contribution in [2.75, 3.05) is 28.7 Å². The van der Waals surface area contributed by atoms with Gasteiger partial charge in [-0.25, -0.2) is 8.42 Å². The number of rotatable bonds is 5. The summed E-state index contributed by atoms with van der Waals surface area (Å²) >= 11 is 1.47. The zero-order chi connectivity index (χ0) is 19.4. The standard InChI is InChI=1S/C17H21N3O5S2/c21-15(18-19-16(22)9-12-6-8-27(24,25)11-12)5-7-20-13-3-1-2-4-14(13)26-10-17(20)23/h1-4,12H,5-11H2,(H,18,21)(H,19,22)/t12-/m0/s1. The molecule has 1 atom stereocenters.